The minimum absolute atomic E-state index is 0. The van der Waals surface area contributed by atoms with E-state index in [1.165, 1.54) is 6.20 Å². The van der Waals surface area contributed by atoms with Crippen molar-refractivity contribution in [1.29, 1.82) is 0 Å². The topological polar surface area (TPSA) is 60.0 Å². The average molecular weight is 242 g/mol. The Kier molecular flexibility index (Phi) is 9.89. The third kappa shape index (κ3) is 5.19. The Bertz CT molecular complexity index is 232. The monoisotopic (exact) mass is 241 g/mol. The average Bonchev–Trinajstić information content (AvgIpc) is 1.88. The third-order valence-corrected chi connectivity index (χ3v) is 1.30. The molecule has 0 aliphatic heterocycles. The molecule has 1 aromatic rings. The largest absolute Gasteiger partial charge is 1.00 e. The van der Waals surface area contributed by atoms with E-state index in [2.05, 4.69) is 20.9 Å². The van der Waals surface area contributed by atoms with Gasteiger partial charge in [-0.2, -0.15) is 0 Å². The number of aromatic nitrogens is 1. The van der Waals surface area contributed by atoms with E-state index < -0.39 is 0 Å². The molecule has 0 bridgehead atoms. The molecule has 3 nitrogen and oxygen atoms in total. The van der Waals surface area contributed by atoms with Crippen molar-refractivity contribution in [3.63, 3.8) is 0 Å². The van der Waals surface area contributed by atoms with Crippen molar-refractivity contribution in [2.24, 2.45) is 0 Å². The van der Waals surface area contributed by atoms with Crippen LogP contribution in [0.3, 0.4) is 0 Å². The van der Waals surface area contributed by atoms with Crippen molar-refractivity contribution in [2.45, 2.75) is 0 Å². The molecule has 1 N–H and O–H groups in total. The zero-order valence-electron chi connectivity index (χ0n) is 5.99. The summed E-state index contributed by atoms with van der Waals surface area (Å²) in [5.74, 6) is 0. The van der Waals surface area contributed by atoms with E-state index in [1.54, 1.807) is 12.3 Å². The molecule has 0 aromatic carbocycles. The van der Waals surface area contributed by atoms with E-state index in [9.17, 15) is 4.79 Å². The van der Waals surface area contributed by atoms with Gasteiger partial charge in [-0.15, -0.1) is 0 Å². The fraction of sp³-hybridized carbons (Fsp3) is 0. The zero-order chi connectivity index (χ0) is 6.69. The number of rotatable bonds is 1. The van der Waals surface area contributed by atoms with Crippen LogP contribution in [0.5, 0.6) is 0 Å². The summed E-state index contributed by atoms with van der Waals surface area (Å²) in [6.07, 6.45) is 3.91. The van der Waals surface area contributed by atoms with Gasteiger partial charge in [0.15, 0.2) is 6.29 Å². The van der Waals surface area contributed by atoms with E-state index >= 15 is 0 Å². The predicted molar refractivity (Wildman–Crippen MR) is 39.3 cm³/mol. The summed E-state index contributed by atoms with van der Waals surface area (Å²) in [5.41, 5.74) is 0.587. The van der Waals surface area contributed by atoms with Gasteiger partial charge in [-0.25, -0.2) is 0 Å². The molecule has 0 saturated heterocycles. The second kappa shape index (κ2) is 7.54. The summed E-state index contributed by atoms with van der Waals surface area (Å²) in [7, 11) is 0. The van der Waals surface area contributed by atoms with Crippen molar-refractivity contribution < 1.29 is 61.7 Å². The van der Waals surface area contributed by atoms with Crippen LogP contribution in [0, 0.1) is 0 Å². The molecular formula is C6H5BrKNO2. The Morgan fingerprint density at radius 1 is 1.45 bits per heavy atom. The van der Waals surface area contributed by atoms with E-state index in [-0.39, 0.29) is 56.9 Å². The van der Waals surface area contributed by atoms with Crippen LogP contribution in [-0.2, 0) is 0 Å². The molecule has 0 atom stereocenters. The molecule has 1 heterocycles. The first-order valence-electron chi connectivity index (χ1n) is 2.38. The van der Waals surface area contributed by atoms with Gasteiger partial charge in [-0.05, 0) is 22.0 Å². The first kappa shape index (κ1) is 14.4. The Balaban J connectivity index is 0. The van der Waals surface area contributed by atoms with Gasteiger partial charge in [0.05, 0.1) is 0 Å². The van der Waals surface area contributed by atoms with E-state index in [4.69, 9.17) is 0 Å². The smallest absolute Gasteiger partial charge is 0.870 e. The summed E-state index contributed by atoms with van der Waals surface area (Å²) in [5, 5.41) is 0. The fourth-order valence-electron chi connectivity index (χ4n) is 0.493. The fourth-order valence-corrected chi connectivity index (χ4v) is 0.875. The van der Waals surface area contributed by atoms with Gasteiger partial charge >= 0.3 is 51.4 Å². The Morgan fingerprint density at radius 2 is 2.09 bits per heavy atom. The molecule has 1 aromatic heterocycles. The summed E-state index contributed by atoms with van der Waals surface area (Å²) in [6, 6.07) is 1.71. The van der Waals surface area contributed by atoms with Gasteiger partial charge in [0.2, 0.25) is 0 Å². The summed E-state index contributed by atoms with van der Waals surface area (Å²) >= 11 is 3.18. The molecule has 0 fully saturated rings. The van der Waals surface area contributed by atoms with Crippen molar-refractivity contribution in [3.8, 4) is 0 Å². The molecule has 5 heteroatoms. The van der Waals surface area contributed by atoms with Crippen molar-refractivity contribution in [2.75, 3.05) is 0 Å². The number of hydrogen-bond acceptors (Lipinski definition) is 3. The summed E-state index contributed by atoms with van der Waals surface area (Å²) < 4.78 is 0.826. The van der Waals surface area contributed by atoms with Gasteiger partial charge in [-0.1, -0.05) is 0 Å². The number of nitrogens with zero attached hydrogens (tertiary/aromatic N) is 1. The standard InChI is InChI=1S/C6H4BrNO.K.H2O/c7-6-1-5(4-9)2-8-3-6;;/h1-4H;;1H2/q;+1;/p-1. The van der Waals surface area contributed by atoms with E-state index in [0.29, 0.717) is 5.56 Å². The van der Waals surface area contributed by atoms with Crippen LogP contribution >= 0.6 is 15.9 Å². The molecule has 0 spiro atoms. The number of carbonyl (C=O) groups excluding carboxylic acids is 1. The number of carbonyl (C=O) groups is 1. The van der Waals surface area contributed by atoms with Gasteiger partial charge in [-0.3, -0.25) is 9.78 Å². The Labute approximate surface area is 115 Å². The minimum atomic E-state index is 0. The maximum atomic E-state index is 10.1. The van der Waals surface area contributed by atoms with Crippen molar-refractivity contribution >= 4 is 22.2 Å². The van der Waals surface area contributed by atoms with Crippen LogP contribution in [0.1, 0.15) is 10.4 Å². The molecule has 0 unspecified atom stereocenters. The molecular weight excluding hydrogens is 237 g/mol. The quantitative estimate of drug-likeness (QED) is 0.444. The van der Waals surface area contributed by atoms with Crippen LogP contribution in [0.15, 0.2) is 22.9 Å². The molecule has 54 valence electrons. The maximum absolute atomic E-state index is 10.1. The summed E-state index contributed by atoms with van der Waals surface area (Å²) in [4.78, 5) is 13.9. The zero-order valence-corrected chi connectivity index (χ0v) is 10.7. The Hall–Kier alpha value is 0.896. The predicted octanol–water partition coefficient (Wildman–Crippen LogP) is -1.52. The normalized spacial score (nSPS) is 7.36. The molecule has 0 aliphatic rings. The molecule has 0 aliphatic carbocycles. The molecule has 0 amide bonds. The van der Waals surface area contributed by atoms with Crippen molar-refractivity contribution in [3.05, 3.63) is 28.5 Å². The van der Waals surface area contributed by atoms with Crippen LogP contribution < -0.4 is 51.4 Å². The first-order valence-corrected chi connectivity index (χ1v) is 3.18. The molecule has 1 rings (SSSR count). The van der Waals surface area contributed by atoms with Gasteiger partial charge in [0.1, 0.15) is 0 Å². The van der Waals surface area contributed by atoms with Crippen LogP contribution in [0.25, 0.3) is 0 Å². The van der Waals surface area contributed by atoms with E-state index in [0.717, 1.165) is 10.8 Å². The second-order valence-electron chi connectivity index (χ2n) is 1.55. The second-order valence-corrected chi connectivity index (χ2v) is 2.47. The van der Waals surface area contributed by atoms with Gasteiger partial charge in [0, 0.05) is 22.4 Å². The minimum Gasteiger partial charge on any atom is -0.870 e. The molecule has 11 heavy (non-hydrogen) atoms. The maximum Gasteiger partial charge on any atom is 1.00 e. The van der Waals surface area contributed by atoms with Gasteiger partial charge in [0.25, 0.3) is 0 Å². The summed E-state index contributed by atoms with van der Waals surface area (Å²) in [6.45, 7) is 0. The number of pyridine rings is 1. The van der Waals surface area contributed by atoms with Gasteiger partial charge < -0.3 is 5.48 Å². The molecule has 0 saturated carbocycles. The number of hydrogen-bond donors (Lipinski definition) is 0. The number of halogens is 1. The van der Waals surface area contributed by atoms with E-state index in [1.807, 2.05) is 0 Å². The Morgan fingerprint density at radius 3 is 2.45 bits per heavy atom. The SMILES string of the molecule is O=Cc1cncc(Br)c1.[K+].[OH-]. The van der Waals surface area contributed by atoms with Crippen LogP contribution in [0.4, 0.5) is 0 Å². The van der Waals surface area contributed by atoms with Crippen LogP contribution in [0.2, 0.25) is 0 Å². The number of aldehydes is 1. The van der Waals surface area contributed by atoms with Crippen LogP contribution in [-0.4, -0.2) is 16.7 Å². The van der Waals surface area contributed by atoms with Crippen molar-refractivity contribution in [1.82, 2.24) is 4.98 Å². The molecule has 0 radical (unpaired) electrons. The third-order valence-electron chi connectivity index (χ3n) is 0.862. The first-order chi connectivity index (χ1) is 4.33.